The Labute approximate surface area is 167 Å². The summed E-state index contributed by atoms with van der Waals surface area (Å²) in [4.78, 5) is 17.0. The van der Waals surface area contributed by atoms with Gasteiger partial charge in [-0.3, -0.25) is 9.36 Å². The molecule has 0 saturated heterocycles. The summed E-state index contributed by atoms with van der Waals surface area (Å²) < 4.78 is 28.4. The molecular formula is C23H21F2N3O. The van der Waals surface area contributed by atoms with Crippen molar-refractivity contribution in [1.29, 1.82) is 0 Å². The lowest BCUT2D eigenvalue weighted by molar-refractivity contribution is 0.0916. The van der Waals surface area contributed by atoms with Gasteiger partial charge in [-0.15, -0.1) is 0 Å². The van der Waals surface area contributed by atoms with E-state index in [4.69, 9.17) is 0 Å². The molecule has 0 unspecified atom stereocenters. The van der Waals surface area contributed by atoms with Crippen molar-refractivity contribution in [2.24, 2.45) is 11.8 Å². The standard InChI is InChI=1S/C23H21F2N3O/c24-19-8-5-16(11-20(19)25)15-3-6-18(7-4-15)28-13-26-12-22(28)23(29)27-21-10-14-1-2-17(21)9-14/h3-8,11-14,17,21H,1-2,9-10H2,(H,27,29)/t14-,17-,21-/m0/s1. The minimum absolute atomic E-state index is 0.107. The number of halogens is 2. The van der Waals surface area contributed by atoms with E-state index in [9.17, 15) is 13.6 Å². The van der Waals surface area contributed by atoms with Crippen LogP contribution < -0.4 is 5.32 Å². The van der Waals surface area contributed by atoms with E-state index >= 15 is 0 Å². The Balaban J connectivity index is 1.36. The van der Waals surface area contributed by atoms with Gasteiger partial charge in [0.1, 0.15) is 5.69 Å². The van der Waals surface area contributed by atoms with Gasteiger partial charge in [0.2, 0.25) is 0 Å². The first kappa shape index (κ1) is 18.0. The third-order valence-corrected chi connectivity index (χ3v) is 6.32. The number of imidazole rings is 1. The fourth-order valence-corrected chi connectivity index (χ4v) is 4.82. The van der Waals surface area contributed by atoms with Crippen LogP contribution in [0.3, 0.4) is 0 Å². The van der Waals surface area contributed by atoms with Gasteiger partial charge in [0.05, 0.1) is 12.5 Å². The van der Waals surface area contributed by atoms with Crippen molar-refractivity contribution in [2.75, 3.05) is 0 Å². The molecule has 0 aliphatic heterocycles. The van der Waals surface area contributed by atoms with Crippen molar-refractivity contribution in [3.63, 3.8) is 0 Å². The van der Waals surface area contributed by atoms with Gasteiger partial charge < -0.3 is 5.32 Å². The highest BCUT2D eigenvalue weighted by molar-refractivity contribution is 5.93. The third kappa shape index (κ3) is 3.33. The summed E-state index contributed by atoms with van der Waals surface area (Å²) in [6, 6.07) is 11.4. The highest BCUT2D eigenvalue weighted by atomic mass is 19.2. The molecule has 2 fully saturated rings. The first-order valence-electron chi connectivity index (χ1n) is 9.97. The number of nitrogens with zero attached hydrogens (tertiary/aromatic N) is 2. The zero-order chi connectivity index (χ0) is 20.0. The SMILES string of the molecule is O=C(N[C@H]1C[C@H]2CC[C@H]1C2)c1cncn1-c1ccc(-c2ccc(F)c(F)c2)cc1. The van der Waals surface area contributed by atoms with E-state index < -0.39 is 11.6 Å². The van der Waals surface area contributed by atoms with Gasteiger partial charge in [-0.2, -0.15) is 0 Å². The van der Waals surface area contributed by atoms with Crippen LogP contribution in [0.25, 0.3) is 16.8 Å². The summed E-state index contributed by atoms with van der Waals surface area (Å²) in [5.41, 5.74) is 2.64. The maximum Gasteiger partial charge on any atom is 0.270 e. The Hall–Kier alpha value is -3.02. The minimum Gasteiger partial charge on any atom is -0.348 e. The minimum atomic E-state index is -0.874. The normalized spacial score (nSPS) is 22.8. The van der Waals surface area contributed by atoms with Crippen LogP contribution in [0.15, 0.2) is 55.0 Å². The van der Waals surface area contributed by atoms with Crippen molar-refractivity contribution in [3.8, 4) is 16.8 Å². The number of hydrogen-bond donors (Lipinski definition) is 1. The van der Waals surface area contributed by atoms with Gasteiger partial charge in [-0.1, -0.05) is 24.6 Å². The fourth-order valence-electron chi connectivity index (χ4n) is 4.82. The van der Waals surface area contributed by atoms with Gasteiger partial charge in [-0.05, 0) is 66.5 Å². The number of nitrogens with one attached hydrogen (secondary N) is 1. The zero-order valence-corrected chi connectivity index (χ0v) is 15.8. The highest BCUT2D eigenvalue weighted by Gasteiger charge is 2.40. The maximum atomic E-state index is 13.5. The molecule has 2 aliphatic carbocycles. The molecule has 3 aromatic rings. The third-order valence-electron chi connectivity index (χ3n) is 6.32. The van der Waals surface area contributed by atoms with E-state index in [0.29, 0.717) is 17.2 Å². The van der Waals surface area contributed by atoms with Crippen LogP contribution in [0.1, 0.15) is 36.2 Å². The number of aromatic nitrogens is 2. The average molecular weight is 393 g/mol. The molecule has 1 amide bonds. The number of fused-ring (bicyclic) bond motifs is 2. The lowest BCUT2D eigenvalue weighted by Crippen LogP contribution is -2.39. The lowest BCUT2D eigenvalue weighted by Gasteiger charge is -2.23. The molecular weight excluding hydrogens is 372 g/mol. The highest BCUT2D eigenvalue weighted by Crippen LogP contribution is 2.44. The second kappa shape index (κ2) is 7.10. The van der Waals surface area contributed by atoms with Crippen molar-refractivity contribution in [2.45, 2.75) is 31.7 Å². The van der Waals surface area contributed by atoms with Crippen molar-refractivity contribution in [1.82, 2.24) is 14.9 Å². The largest absolute Gasteiger partial charge is 0.348 e. The quantitative estimate of drug-likeness (QED) is 0.696. The zero-order valence-electron chi connectivity index (χ0n) is 15.8. The van der Waals surface area contributed by atoms with Crippen molar-refractivity contribution >= 4 is 5.91 Å². The van der Waals surface area contributed by atoms with Crippen LogP contribution in [0.5, 0.6) is 0 Å². The molecule has 1 heterocycles. The number of hydrogen-bond acceptors (Lipinski definition) is 2. The molecule has 1 aromatic heterocycles. The first-order chi connectivity index (χ1) is 14.1. The van der Waals surface area contributed by atoms with E-state index in [0.717, 1.165) is 29.7 Å². The summed E-state index contributed by atoms with van der Waals surface area (Å²) >= 11 is 0. The Morgan fingerprint density at radius 2 is 1.79 bits per heavy atom. The molecule has 4 nitrogen and oxygen atoms in total. The summed E-state index contributed by atoms with van der Waals surface area (Å²) in [6.45, 7) is 0. The molecule has 29 heavy (non-hydrogen) atoms. The van der Waals surface area contributed by atoms with Crippen LogP contribution in [-0.4, -0.2) is 21.5 Å². The molecule has 0 radical (unpaired) electrons. The van der Waals surface area contributed by atoms with Gasteiger partial charge in [0.15, 0.2) is 11.6 Å². The van der Waals surface area contributed by atoms with Crippen LogP contribution in [0, 0.1) is 23.5 Å². The van der Waals surface area contributed by atoms with Gasteiger partial charge in [-0.25, -0.2) is 13.8 Å². The molecule has 148 valence electrons. The Kier molecular flexibility index (Phi) is 4.42. The molecule has 2 bridgehead atoms. The first-order valence-corrected chi connectivity index (χ1v) is 9.97. The molecule has 5 rings (SSSR count). The van der Waals surface area contributed by atoms with E-state index in [1.165, 1.54) is 25.3 Å². The number of carbonyl (C=O) groups is 1. The van der Waals surface area contributed by atoms with Gasteiger partial charge in [0, 0.05) is 11.7 Å². The van der Waals surface area contributed by atoms with E-state index in [1.807, 2.05) is 24.3 Å². The van der Waals surface area contributed by atoms with Crippen molar-refractivity contribution < 1.29 is 13.6 Å². The lowest BCUT2D eigenvalue weighted by atomic mass is 9.95. The van der Waals surface area contributed by atoms with Gasteiger partial charge >= 0.3 is 0 Å². The van der Waals surface area contributed by atoms with E-state index in [2.05, 4.69) is 10.3 Å². The van der Waals surface area contributed by atoms with Crippen molar-refractivity contribution in [3.05, 3.63) is 72.3 Å². The predicted molar refractivity (Wildman–Crippen MR) is 106 cm³/mol. The molecule has 2 aromatic carbocycles. The molecule has 1 N–H and O–H groups in total. The second-order valence-electron chi connectivity index (χ2n) is 8.08. The van der Waals surface area contributed by atoms with Crippen LogP contribution in [0.2, 0.25) is 0 Å². The van der Waals surface area contributed by atoms with Crippen LogP contribution in [0.4, 0.5) is 8.78 Å². The maximum absolute atomic E-state index is 13.5. The number of carbonyl (C=O) groups excluding carboxylic acids is 1. The summed E-state index contributed by atoms with van der Waals surface area (Å²) in [7, 11) is 0. The summed E-state index contributed by atoms with van der Waals surface area (Å²) in [5, 5.41) is 3.19. The Morgan fingerprint density at radius 1 is 1.00 bits per heavy atom. The second-order valence-corrected chi connectivity index (χ2v) is 8.08. The Bertz CT molecular complexity index is 1060. The topological polar surface area (TPSA) is 46.9 Å². The predicted octanol–water partition coefficient (Wildman–Crippen LogP) is 4.74. The number of amides is 1. The average Bonchev–Trinajstić information content (AvgIpc) is 3.47. The van der Waals surface area contributed by atoms with Crippen LogP contribution >= 0.6 is 0 Å². The smallest absolute Gasteiger partial charge is 0.270 e. The van der Waals surface area contributed by atoms with Gasteiger partial charge in [0.25, 0.3) is 5.91 Å². The summed E-state index contributed by atoms with van der Waals surface area (Å²) in [5.74, 6) is -0.477. The molecule has 3 atom stereocenters. The summed E-state index contributed by atoms with van der Waals surface area (Å²) in [6.07, 6.45) is 8.00. The number of rotatable bonds is 4. The molecule has 6 heteroatoms. The monoisotopic (exact) mass is 393 g/mol. The van der Waals surface area contributed by atoms with E-state index in [-0.39, 0.29) is 11.9 Å². The molecule has 0 spiro atoms. The molecule has 2 aliphatic rings. The number of benzene rings is 2. The molecule has 2 saturated carbocycles. The Morgan fingerprint density at radius 3 is 2.48 bits per heavy atom. The van der Waals surface area contributed by atoms with E-state index in [1.54, 1.807) is 23.2 Å². The fraction of sp³-hybridized carbons (Fsp3) is 0.304. The van der Waals surface area contributed by atoms with Crippen LogP contribution in [-0.2, 0) is 0 Å².